The molecule has 33 nitrogen and oxygen atoms in total. The molecule has 17 atom stereocenters. The number of nitrogens with one attached hydrogen (secondary N) is 4. The Morgan fingerprint density at radius 2 is 1.07 bits per heavy atom. The van der Waals surface area contributed by atoms with Crippen molar-refractivity contribution in [2.45, 2.75) is 254 Å². The number of ketones is 2. The Morgan fingerprint density at radius 3 is 1.64 bits per heavy atom. The van der Waals surface area contributed by atoms with Crippen molar-refractivity contribution in [2.24, 2.45) is 5.92 Å². The van der Waals surface area contributed by atoms with E-state index in [-0.39, 0.29) is 120 Å². The number of likely N-dealkylation sites (tertiary alicyclic amines) is 2. The zero-order chi connectivity index (χ0) is 73.1. The van der Waals surface area contributed by atoms with Crippen LogP contribution in [0.15, 0.2) is 0 Å². The number of rotatable bonds is 51. The summed E-state index contributed by atoms with van der Waals surface area (Å²) in [7, 11) is -4.77. The Kier molecular flexibility index (Phi) is 42.0. The van der Waals surface area contributed by atoms with Crippen molar-refractivity contribution in [1.29, 1.82) is 0 Å². The molecule has 4 fully saturated rings. The molecule has 572 valence electrons. The van der Waals surface area contributed by atoms with Crippen molar-refractivity contribution in [3.8, 4) is 0 Å². The zero-order valence-corrected chi connectivity index (χ0v) is 60.4. The Morgan fingerprint density at radius 1 is 0.576 bits per heavy atom. The Hall–Kier alpha value is -3.33. The molecule has 4 aliphatic heterocycles. The summed E-state index contributed by atoms with van der Waals surface area (Å²) in [6.45, 7) is -3.16. The van der Waals surface area contributed by atoms with Crippen molar-refractivity contribution in [2.75, 3.05) is 84.8 Å². The van der Waals surface area contributed by atoms with Crippen LogP contribution < -0.4 is 21.3 Å². The third kappa shape index (κ3) is 33.1. The maximum absolute atomic E-state index is 13.6. The molecule has 0 spiro atoms. The maximum atomic E-state index is 13.6. The number of hydrogen-bond donors (Lipinski definition) is 15. The van der Waals surface area contributed by atoms with Crippen LogP contribution in [-0.2, 0) is 91.8 Å². The van der Waals surface area contributed by atoms with E-state index in [1.54, 1.807) is 0 Å². The van der Waals surface area contributed by atoms with Gasteiger partial charge >= 0.3 is 14.5 Å². The molecular weight excluding hydrogens is 1390 g/mol. The molecule has 0 aromatic heterocycles. The average molecular weight is 1500 g/mol. The zero-order valence-electron chi connectivity index (χ0n) is 56.9. The van der Waals surface area contributed by atoms with Crippen LogP contribution in [0.3, 0.4) is 0 Å². The molecule has 4 aliphatic rings. The van der Waals surface area contributed by atoms with E-state index in [0.717, 1.165) is 0 Å². The Labute approximate surface area is 589 Å². The molecule has 0 aromatic carbocycles. The lowest BCUT2D eigenvalue weighted by molar-refractivity contribution is -0.270. The lowest BCUT2D eigenvalue weighted by Crippen LogP contribution is -2.64. The van der Waals surface area contributed by atoms with E-state index in [1.807, 2.05) is 0 Å². The van der Waals surface area contributed by atoms with Crippen LogP contribution in [0.5, 0.6) is 0 Å². The van der Waals surface area contributed by atoms with Crippen molar-refractivity contribution in [3.05, 3.63) is 0 Å². The molecule has 37 heteroatoms. The van der Waals surface area contributed by atoms with E-state index in [1.165, 1.54) is 23.6 Å². The second-order valence-corrected chi connectivity index (χ2v) is 30.2. The molecule has 0 aromatic rings. The number of phosphoric ester groups is 1. The van der Waals surface area contributed by atoms with Gasteiger partial charge in [0.25, 0.3) is 0 Å². The lowest BCUT2D eigenvalue weighted by Gasteiger charge is -2.42. The molecule has 10 unspecified atom stereocenters. The number of phosphoric acid groups is 1. The van der Waals surface area contributed by atoms with Gasteiger partial charge in [0.1, 0.15) is 60.3 Å². The quantitative estimate of drug-likeness (QED) is 0.0211. The van der Waals surface area contributed by atoms with E-state index >= 15 is 0 Å². The smallest absolute Gasteiger partial charge is 0.394 e. The number of ether oxygens (including phenoxy) is 4. The van der Waals surface area contributed by atoms with Crippen molar-refractivity contribution < 1.29 is 131 Å². The van der Waals surface area contributed by atoms with Crippen molar-refractivity contribution in [3.63, 3.8) is 0 Å². The highest BCUT2D eigenvalue weighted by Crippen LogP contribution is 2.48. The summed E-state index contributed by atoms with van der Waals surface area (Å²) in [6, 6.07) is -3.62. The van der Waals surface area contributed by atoms with Gasteiger partial charge in [0.2, 0.25) is 35.4 Å². The molecule has 0 aliphatic carbocycles. The molecule has 0 bridgehead atoms. The summed E-state index contributed by atoms with van der Waals surface area (Å²) in [5.74, 6) is -2.40. The molecule has 4 rings (SSSR count). The maximum Gasteiger partial charge on any atom is 0.472 e. The van der Waals surface area contributed by atoms with Crippen LogP contribution in [0.2, 0.25) is 0 Å². The van der Waals surface area contributed by atoms with Gasteiger partial charge in [0.15, 0.2) is 12.6 Å². The van der Waals surface area contributed by atoms with Crippen LogP contribution in [0.1, 0.15) is 168 Å². The molecule has 0 saturated carbocycles. The van der Waals surface area contributed by atoms with Gasteiger partial charge in [-0.1, -0.05) is 25.7 Å². The summed E-state index contributed by atoms with van der Waals surface area (Å²) >= 11 is 9.13. The summed E-state index contributed by atoms with van der Waals surface area (Å²) in [5, 5.41) is 91.1. The fourth-order valence-corrected chi connectivity index (χ4v) is 14.3. The molecule has 14 N–H and O–H groups in total. The highest BCUT2D eigenvalue weighted by Gasteiger charge is 2.47. The van der Waals surface area contributed by atoms with Gasteiger partial charge in [-0.15, -0.1) is 0 Å². The number of Topliss-reactive ketones (excluding diaryl/α,β-unsaturated/α-hetero) is 2. The van der Waals surface area contributed by atoms with Gasteiger partial charge in [0.05, 0.1) is 63.9 Å². The van der Waals surface area contributed by atoms with Crippen LogP contribution in [0.4, 0.5) is 0 Å². The predicted octanol–water partition coefficient (Wildman–Crippen LogP) is -0.287. The summed E-state index contributed by atoms with van der Waals surface area (Å²) in [5.41, 5.74) is 0. The minimum Gasteiger partial charge on any atom is -0.394 e. The fraction of sp³-hybridized carbons (Fsp3) is 0.871. The number of unbranched alkanes of at least 4 members (excludes halogenated alkanes) is 8. The standard InChI is InChI=1S/C62H110N6O27P2S2/c1-40(72)65-54-58(82)56(80)49(36-70)93-61(54)88-27-14-10-20-46(75)31-42(17-9-13-24-63-51(77)21-11-15-28-89-62-55(66-41(2)73)59(83)57(81)50(37-71)94-62)60(84)64-25-12-5-7-19-45(74)18-6-3-4-8-22-52(78)67-34-47(76)32-43(67)38-91-96(85,86)95-48-33-44(39-92-97(87,99)90-29-26-69)68(35-48)53(79)23-16-30-98/h42-44,47-50,54-59,61-62,69-71,76,80-83,98H,3-39H2,1-2H3,(H,63,77)(H,64,84)(H,65,72)(H,66,73)(H,85,86)(H,87,99)/t42-,43?,44?,47-,48-,49?,50?,54?,55?,56+,57?,58-,59?,61-,62-,97?/m1/s1. The van der Waals surface area contributed by atoms with Crippen LogP contribution >= 0.6 is 27.2 Å². The van der Waals surface area contributed by atoms with Gasteiger partial charge in [0, 0.05) is 104 Å². The summed E-state index contributed by atoms with van der Waals surface area (Å²) in [6.07, 6.45) is -3.32. The first-order chi connectivity index (χ1) is 47.1. The third-order valence-electron chi connectivity index (χ3n) is 17.3. The summed E-state index contributed by atoms with van der Waals surface area (Å²) in [4.78, 5) is 126. The molecule has 6 amide bonds. The lowest BCUT2D eigenvalue weighted by atomic mass is 9.93. The minimum atomic E-state index is -4.77. The van der Waals surface area contributed by atoms with Crippen LogP contribution in [-0.4, -0.2) is 278 Å². The molecule has 4 heterocycles. The number of aliphatic hydroxyl groups is 8. The van der Waals surface area contributed by atoms with Gasteiger partial charge in [-0.05, 0) is 101 Å². The van der Waals surface area contributed by atoms with Crippen LogP contribution in [0, 0.1) is 5.92 Å². The highest BCUT2D eigenvalue weighted by molar-refractivity contribution is 8.07. The number of aliphatic hydroxyl groups excluding tert-OH is 8. The monoisotopic (exact) mass is 1500 g/mol. The second kappa shape index (κ2) is 47.2. The van der Waals surface area contributed by atoms with Gasteiger partial charge in [-0.3, -0.25) is 47.4 Å². The predicted molar refractivity (Wildman–Crippen MR) is 360 cm³/mol. The topological polar surface area (TPSA) is 484 Å². The van der Waals surface area contributed by atoms with E-state index < -0.39 is 144 Å². The second-order valence-electron chi connectivity index (χ2n) is 25.5. The first kappa shape index (κ1) is 88.1. The number of carbonyl (C=O) groups excluding carboxylic acids is 8. The summed E-state index contributed by atoms with van der Waals surface area (Å²) < 4.78 is 57.1. The number of β-amino-alcohol motifs (C(OH)–C–C–N with tert-alkyl or cyclic N) is 1. The van der Waals surface area contributed by atoms with Crippen molar-refractivity contribution in [1.82, 2.24) is 31.1 Å². The first-order valence-corrected chi connectivity index (χ1v) is 39.2. The van der Waals surface area contributed by atoms with E-state index in [0.29, 0.717) is 128 Å². The fourth-order valence-electron chi connectivity index (χ4n) is 12.1. The first-order valence-electron chi connectivity index (χ1n) is 34.5. The average Bonchev–Trinajstić information content (AvgIpc) is 1.79. The van der Waals surface area contributed by atoms with E-state index in [4.69, 9.17) is 54.0 Å². The molecule has 4 saturated heterocycles. The Bertz CT molecular complexity index is 2580. The molecular formula is C62H110N6O27P2S2. The van der Waals surface area contributed by atoms with Gasteiger partial charge in [-0.25, -0.2) is 4.57 Å². The number of thiol groups is 1. The van der Waals surface area contributed by atoms with E-state index in [9.17, 15) is 88.5 Å². The van der Waals surface area contributed by atoms with Crippen molar-refractivity contribution >= 4 is 86.0 Å². The normalized spacial score (nSPS) is 27.0. The SMILES string of the molecule is CC(=O)NC1C(O)C(O)C(CO)O[C@H]1OCCCCC(=O)NCCCC[C@H](CC(=O)CCCCO[C@@H]1OC(CO)[C@H](O)[C@H](O)C1NC(C)=O)C(=O)NCCCCCC(=O)CCCCCCC(=O)N1C[C@H](O)CC1COP(=O)(O)O[C@@H]1CC(COP(O)(=S)OCCO)N(C(=O)CCCS)C1. The van der Waals surface area contributed by atoms with Gasteiger partial charge < -0.3 is 110 Å². The highest BCUT2D eigenvalue weighted by atomic mass is 32.5. The molecule has 0 radical (unpaired) electrons. The number of carbonyl (C=O) groups is 8. The number of hydrogen-bond acceptors (Lipinski definition) is 27. The third-order valence-corrected chi connectivity index (χ3v) is 20.3. The molecule has 99 heavy (non-hydrogen) atoms. The largest absolute Gasteiger partial charge is 0.472 e. The van der Waals surface area contributed by atoms with Crippen LogP contribution in [0.25, 0.3) is 0 Å². The minimum absolute atomic E-state index is 0.00766. The van der Waals surface area contributed by atoms with E-state index in [2.05, 4.69) is 33.9 Å². The number of amides is 6. The number of nitrogens with zero attached hydrogens (tertiary/aromatic N) is 2. The Balaban J connectivity index is 1.15. The van der Waals surface area contributed by atoms with Gasteiger partial charge in [-0.2, -0.15) is 12.6 Å².